The molecule has 1 saturated heterocycles. The van der Waals surface area contributed by atoms with E-state index in [1.54, 1.807) is 4.90 Å². The highest BCUT2D eigenvalue weighted by Gasteiger charge is 2.51. The number of benzene rings is 2. The van der Waals surface area contributed by atoms with Crippen molar-refractivity contribution >= 4 is 17.6 Å². The molecular weight excluding hydrogens is 388 g/mol. The number of esters is 1. The lowest BCUT2D eigenvalue weighted by molar-refractivity contribution is -0.154. The Morgan fingerprint density at radius 3 is 2.29 bits per heavy atom. The van der Waals surface area contributed by atoms with E-state index >= 15 is 0 Å². The van der Waals surface area contributed by atoms with Crippen LogP contribution in [0.5, 0.6) is 0 Å². The van der Waals surface area contributed by atoms with E-state index in [0.29, 0.717) is 25.9 Å². The molecule has 0 aromatic heterocycles. The average molecular weight is 423 g/mol. The number of amides is 1. The molecule has 2 unspecified atom stereocenters. The minimum atomic E-state index is -0.979. The van der Waals surface area contributed by atoms with E-state index in [2.05, 4.69) is 36.1 Å². The van der Waals surface area contributed by atoms with Crippen LogP contribution in [0.1, 0.15) is 45.6 Å². The highest BCUT2D eigenvalue weighted by molar-refractivity contribution is 6.02. The number of hydrogen-bond acceptors (Lipinski definition) is 4. The molecule has 1 aliphatic rings. The number of piperidine rings is 1. The molecule has 166 valence electrons. The van der Waals surface area contributed by atoms with Gasteiger partial charge in [0.2, 0.25) is 5.91 Å². The maximum Gasteiger partial charge on any atom is 0.332 e. The molecule has 3 rings (SSSR count). The highest BCUT2D eigenvalue weighted by Crippen LogP contribution is 2.37. The van der Waals surface area contributed by atoms with Gasteiger partial charge in [0.1, 0.15) is 5.54 Å². The van der Waals surface area contributed by atoms with Crippen molar-refractivity contribution in [3.05, 3.63) is 66.2 Å². The molecule has 2 atom stereocenters. The van der Waals surface area contributed by atoms with Crippen molar-refractivity contribution < 1.29 is 14.3 Å². The first kappa shape index (κ1) is 23.0. The zero-order chi connectivity index (χ0) is 22.3. The summed E-state index contributed by atoms with van der Waals surface area (Å²) in [6.45, 7) is 7.78. The fourth-order valence-electron chi connectivity index (χ4n) is 4.63. The Hall–Kier alpha value is -2.66. The minimum absolute atomic E-state index is 0.0517. The molecule has 5 nitrogen and oxygen atoms in total. The number of carbonyl (C=O) groups excluding carboxylic acids is 2. The van der Waals surface area contributed by atoms with Crippen LogP contribution in [-0.4, -0.2) is 48.1 Å². The first-order chi connectivity index (χ1) is 15.0. The number of rotatable bonds is 8. The van der Waals surface area contributed by atoms with Crippen LogP contribution in [0.15, 0.2) is 60.7 Å². The molecule has 1 heterocycles. The van der Waals surface area contributed by atoms with Gasteiger partial charge in [0.15, 0.2) is 0 Å². The van der Waals surface area contributed by atoms with Gasteiger partial charge in [-0.3, -0.25) is 9.69 Å². The molecule has 2 aromatic rings. The second kappa shape index (κ2) is 10.6. The van der Waals surface area contributed by atoms with Crippen molar-refractivity contribution in [2.24, 2.45) is 0 Å². The van der Waals surface area contributed by atoms with E-state index in [1.165, 1.54) is 5.56 Å². The van der Waals surface area contributed by atoms with Crippen molar-refractivity contribution in [2.45, 2.75) is 58.0 Å². The zero-order valence-electron chi connectivity index (χ0n) is 18.9. The first-order valence-corrected chi connectivity index (χ1v) is 11.3. The number of hydrogen-bond donors (Lipinski definition) is 0. The summed E-state index contributed by atoms with van der Waals surface area (Å²) in [6, 6.07) is 20.1. The van der Waals surface area contributed by atoms with Crippen LogP contribution in [0.2, 0.25) is 0 Å². The number of anilines is 1. The van der Waals surface area contributed by atoms with Crippen molar-refractivity contribution in [1.29, 1.82) is 0 Å². The molecule has 0 radical (unpaired) electrons. The Labute approximate surface area is 186 Å². The van der Waals surface area contributed by atoms with Gasteiger partial charge in [-0.25, -0.2) is 4.79 Å². The Balaban J connectivity index is 1.87. The summed E-state index contributed by atoms with van der Waals surface area (Å²) >= 11 is 0. The summed E-state index contributed by atoms with van der Waals surface area (Å²) in [5, 5.41) is 0. The van der Waals surface area contributed by atoms with Crippen LogP contribution in [-0.2, 0) is 20.7 Å². The van der Waals surface area contributed by atoms with Gasteiger partial charge in [-0.1, -0.05) is 55.5 Å². The van der Waals surface area contributed by atoms with Gasteiger partial charge in [-0.05, 0) is 50.8 Å². The largest absolute Gasteiger partial charge is 0.464 e. The van der Waals surface area contributed by atoms with Gasteiger partial charge in [0, 0.05) is 31.2 Å². The molecule has 1 aliphatic heterocycles. The van der Waals surface area contributed by atoms with Crippen LogP contribution in [0.4, 0.5) is 5.69 Å². The van der Waals surface area contributed by atoms with Crippen LogP contribution < -0.4 is 4.90 Å². The SMILES string of the molecule is CCOC(=O)C1(N(C(=O)CC)c2ccccc2)CCN(CCc2ccccc2)C(C)C1. The highest BCUT2D eigenvalue weighted by atomic mass is 16.5. The third-order valence-electron chi connectivity index (χ3n) is 6.25. The maximum atomic E-state index is 13.4. The minimum Gasteiger partial charge on any atom is -0.464 e. The Morgan fingerprint density at radius 1 is 1.06 bits per heavy atom. The number of para-hydroxylation sites is 1. The van der Waals surface area contributed by atoms with Crippen molar-refractivity contribution in [3.8, 4) is 0 Å². The van der Waals surface area contributed by atoms with Crippen LogP contribution in [0.3, 0.4) is 0 Å². The van der Waals surface area contributed by atoms with E-state index in [4.69, 9.17) is 4.74 Å². The topological polar surface area (TPSA) is 49.9 Å². The number of ether oxygens (including phenoxy) is 1. The predicted octanol–water partition coefficient (Wildman–Crippen LogP) is 4.46. The van der Waals surface area contributed by atoms with Crippen molar-refractivity contribution in [2.75, 3.05) is 24.6 Å². The molecule has 31 heavy (non-hydrogen) atoms. The number of carbonyl (C=O) groups is 2. The van der Waals surface area contributed by atoms with E-state index in [1.807, 2.05) is 50.2 Å². The average Bonchev–Trinajstić information content (AvgIpc) is 2.80. The third-order valence-corrected chi connectivity index (χ3v) is 6.25. The van der Waals surface area contributed by atoms with Gasteiger partial charge in [-0.2, -0.15) is 0 Å². The molecule has 2 aromatic carbocycles. The predicted molar refractivity (Wildman–Crippen MR) is 124 cm³/mol. The zero-order valence-corrected chi connectivity index (χ0v) is 18.9. The summed E-state index contributed by atoms with van der Waals surface area (Å²) in [5.41, 5.74) is 1.09. The maximum absolute atomic E-state index is 13.4. The Bertz CT molecular complexity index is 855. The summed E-state index contributed by atoms with van der Waals surface area (Å²) in [5.74, 6) is -0.348. The lowest BCUT2D eigenvalue weighted by Crippen LogP contribution is -2.64. The molecule has 5 heteroatoms. The Morgan fingerprint density at radius 2 is 1.71 bits per heavy atom. The smallest absolute Gasteiger partial charge is 0.332 e. The quantitative estimate of drug-likeness (QED) is 0.590. The van der Waals surface area contributed by atoms with E-state index in [9.17, 15) is 9.59 Å². The van der Waals surface area contributed by atoms with Gasteiger partial charge in [0.25, 0.3) is 0 Å². The lowest BCUT2D eigenvalue weighted by Gasteiger charge is -2.49. The summed E-state index contributed by atoms with van der Waals surface area (Å²) in [4.78, 5) is 30.6. The Kier molecular flexibility index (Phi) is 7.85. The first-order valence-electron chi connectivity index (χ1n) is 11.3. The monoisotopic (exact) mass is 422 g/mol. The summed E-state index contributed by atoms with van der Waals surface area (Å²) in [6.07, 6.45) is 2.42. The van der Waals surface area contributed by atoms with E-state index in [-0.39, 0.29) is 17.9 Å². The normalized spacial score (nSPS) is 21.5. The van der Waals surface area contributed by atoms with Crippen molar-refractivity contribution in [3.63, 3.8) is 0 Å². The van der Waals surface area contributed by atoms with Gasteiger partial charge in [0.05, 0.1) is 6.61 Å². The summed E-state index contributed by atoms with van der Waals surface area (Å²) < 4.78 is 5.54. The molecular formula is C26H34N2O3. The van der Waals surface area contributed by atoms with E-state index < -0.39 is 5.54 Å². The third kappa shape index (κ3) is 5.16. The van der Waals surface area contributed by atoms with Crippen LogP contribution >= 0.6 is 0 Å². The summed E-state index contributed by atoms with van der Waals surface area (Å²) in [7, 11) is 0. The molecule has 0 N–H and O–H groups in total. The number of nitrogens with zero attached hydrogens (tertiary/aromatic N) is 2. The molecule has 1 fully saturated rings. The fraction of sp³-hybridized carbons (Fsp3) is 0.462. The van der Waals surface area contributed by atoms with Crippen molar-refractivity contribution in [1.82, 2.24) is 4.90 Å². The van der Waals surface area contributed by atoms with Gasteiger partial charge >= 0.3 is 5.97 Å². The van der Waals surface area contributed by atoms with Crippen LogP contribution in [0.25, 0.3) is 0 Å². The number of likely N-dealkylation sites (tertiary alicyclic amines) is 1. The molecule has 1 amide bonds. The van der Waals surface area contributed by atoms with E-state index in [0.717, 1.165) is 25.2 Å². The molecule has 0 spiro atoms. The van der Waals surface area contributed by atoms with Gasteiger partial charge < -0.3 is 9.64 Å². The second-order valence-corrected chi connectivity index (χ2v) is 8.25. The second-order valence-electron chi connectivity index (χ2n) is 8.25. The molecule has 0 aliphatic carbocycles. The molecule has 0 saturated carbocycles. The standard InChI is InChI=1S/C26H34N2O3/c1-4-24(29)28(23-14-10-7-11-15-23)26(25(30)31-5-2)17-19-27(21(3)20-26)18-16-22-12-8-6-9-13-22/h6-15,21H,4-5,16-20H2,1-3H3. The fourth-order valence-corrected chi connectivity index (χ4v) is 4.63. The van der Waals surface area contributed by atoms with Gasteiger partial charge in [-0.15, -0.1) is 0 Å². The molecule has 0 bridgehead atoms. The van der Waals surface area contributed by atoms with Crippen LogP contribution in [0, 0.1) is 0 Å². The lowest BCUT2D eigenvalue weighted by atomic mass is 9.81.